The van der Waals surface area contributed by atoms with Crippen LogP contribution in [0.2, 0.25) is 0 Å². The summed E-state index contributed by atoms with van der Waals surface area (Å²) < 4.78 is 5.82. The van der Waals surface area contributed by atoms with E-state index in [4.69, 9.17) is 22.7 Å². The van der Waals surface area contributed by atoms with Crippen molar-refractivity contribution in [2.24, 2.45) is 11.7 Å². The van der Waals surface area contributed by atoms with Crippen LogP contribution in [-0.4, -0.2) is 36.1 Å². The molecule has 0 radical (unpaired) electrons. The largest absolute Gasteiger partial charge is 0.492 e. The second-order valence-electron chi connectivity index (χ2n) is 5.67. The summed E-state index contributed by atoms with van der Waals surface area (Å²) in [6, 6.07) is 8.21. The van der Waals surface area contributed by atoms with E-state index in [1.165, 1.54) is 6.42 Å². The average Bonchev–Trinajstić information content (AvgIpc) is 2.38. The van der Waals surface area contributed by atoms with Crippen molar-refractivity contribution in [2.75, 3.05) is 20.2 Å². The Kier molecular flexibility index (Phi) is 6.96. The summed E-state index contributed by atoms with van der Waals surface area (Å²) in [7, 11) is 2.13. The fraction of sp³-hybridized carbons (Fsp3) is 0.562. The Morgan fingerprint density at radius 1 is 1.30 bits per heavy atom. The van der Waals surface area contributed by atoms with Crippen molar-refractivity contribution in [3.05, 3.63) is 29.8 Å². The number of para-hydroxylation sites is 1. The molecule has 1 aromatic rings. The molecule has 0 aliphatic rings. The molecule has 0 aliphatic heterocycles. The molecule has 1 unspecified atom stereocenters. The highest BCUT2D eigenvalue weighted by atomic mass is 32.1. The molecule has 3 nitrogen and oxygen atoms in total. The van der Waals surface area contributed by atoms with Crippen LogP contribution in [0.5, 0.6) is 5.75 Å². The number of hydrogen-bond acceptors (Lipinski definition) is 3. The number of nitrogens with zero attached hydrogens (tertiary/aromatic N) is 1. The first-order valence-electron chi connectivity index (χ1n) is 7.13. The quantitative estimate of drug-likeness (QED) is 0.748. The first-order valence-corrected chi connectivity index (χ1v) is 7.54. The van der Waals surface area contributed by atoms with Crippen molar-refractivity contribution in [3.8, 4) is 5.75 Å². The average molecular weight is 294 g/mol. The Morgan fingerprint density at radius 3 is 2.55 bits per heavy atom. The maximum atomic E-state index is 5.82. The van der Waals surface area contributed by atoms with Crippen molar-refractivity contribution in [2.45, 2.75) is 33.2 Å². The smallest absolute Gasteiger partial charge is 0.129 e. The lowest BCUT2D eigenvalue weighted by Gasteiger charge is -2.26. The first-order chi connectivity index (χ1) is 9.41. The van der Waals surface area contributed by atoms with E-state index < -0.39 is 0 Å². The number of thiocarbonyl (C=S) groups is 1. The van der Waals surface area contributed by atoms with E-state index in [9.17, 15) is 0 Å². The van der Waals surface area contributed by atoms with Gasteiger partial charge in [0, 0.05) is 12.6 Å². The van der Waals surface area contributed by atoms with Gasteiger partial charge in [-0.1, -0.05) is 38.2 Å². The summed E-state index contributed by atoms with van der Waals surface area (Å²) in [4.78, 5) is 2.70. The molecule has 20 heavy (non-hydrogen) atoms. The van der Waals surface area contributed by atoms with E-state index in [1.807, 2.05) is 24.3 Å². The van der Waals surface area contributed by atoms with Crippen LogP contribution >= 0.6 is 12.2 Å². The summed E-state index contributed by atoms with van der Waals surface area (Å²) in [5.41, 5.74) is 6.50. The van der Waals surface area contributed by atoms with Gasteiger partial charge in [0.25, 0.3) is 0 Å². The summed E-state index contributed by atoms with van der Waals surface area (Å²) in [5.74, 6) is 1.48. The van der Waals surface area contributed by atoms with Gasteiger partial charge in [-0.05, 0) is 38.4 Å². The van der Waals surface area contributed by atoms with Crippen LogP contribution in [0.3, 0.4) is 0 Å². The molecule has 0 bridgehead atoms. The second kappa shape index (κ2) is 8.22. The molecular formula is C16H26N2OS. The van der Waals surface area contributed by atoms with Gasteiger partial charge >= 0.3 is 0 Å². The van der Waals surface area contributed by atoms with E-state index in [1.54, 1.807) is 0 Å². The minimum absolute atomic E-state index is 0.377. The van der Waals surface area contributed by atoms with Crippen LogP contribution in [0.15, 0.2) is 24.3 Å². The lowest BCUT2D eigenvalue weighted by atomic mass is 10.0. The molecule has 112 valence electrons. The molecule has 1 aromatic carbocycles. The van der Waals surface area contributed by atoms with Gasteiger partial charge in [-0.15, -0.1) is 0 Å². The topological polar surface area (TPSA) is 38.5 Å². The van der Waals surface area contributed by atoms with Crippen molar-refractivity contribution in [1.29, 1.82) is 0 Å². The molecule has 0 fully saturated rings. The molecule has 1 atom stereocenters. The number of ether oxygens (including phenoxy) is 1. The highest BCUT2D eigenvalue weighted by Crippen LogP contribution is 2.17. The number of hydrogen-bond donors (Lipinski definition) is 1. The molecule has 2 N–H and O–H groups in total. The van der Waals surface area contributed by atoms with Crippen molar-refractivity contribution in [3.63, 3.8) is 0 Å². The zero-order valence-electron chi connectivity index (χ0n) is 12.9. The highest BCUT2D eigenvalue weighted by molar-refractivity contribution is 7.80. The fourth-order valence-corrected chi connectivity index (χ4v) is 2.35. The molecule has 1 rings (SSSR count). The lowest BCUT2D eigenvalue weighted by molar-refractivity contribution is 0.184. The van der Waals surface area contributed by atoms with Gasteiger partial charge in [-0.2, -0.15) is 0 Å². The van der Waals surface area contributed by atoms with Crippen LogP contribution < -0.4 is 10.5 Å². The minimum atomic E-state index is 0.377. The third-order valence-corrected chi connectivity index (χ3v) is 3.64. The third kappa shape index (κ3) is 5.47. The number of likely N-dealkylation sites (N-methyl/N-ethyl adjacent to an activating group) is 1. The zero-order chi connectivity index (χ0) is 15.1. The summed E-state index contributed by atoms with van der Waals surface area (Å²) in [6.07, 6.45) is 1.19. The van der Waals surface area contributed by atoms with E-state index >= 15 is 0 Å². The van der Waals surface area contributed by atoms with Gasteiger partial charge in [-0.3, -0.25) is 0 Å². The Labute approximate surface area is 128 Å². The molecule has 0 aromatic heterocycles. The van der Waals surface area contributed by atoms with Crippen LogP contribution in [0, 0.1) is 5.92 Å². The third-order valence-electron chi connectivity index (χ3n) is 3.42. The van der Waals surface area contributed by atoms with E-state index in [-0.39, 0.29) is 0 Å². The molecule has 0 amide bonds. The van der Waals surface area contributed by atoms with Crippen LogP contribution in [0.25, 0.3) is 0 Å². The first kappa shape index (κ1) is 16.9. The molecule has 0 aliphatic carbocycles. The Hall–Kier alpha value is -1.13. The summed E-state index contributed by atoms with van der Waals surface area (Å²) in [5, 5.41) is 0. The van der Waals surface area contributed by atoms with E-state index in [0.717, 1.165) is 17.9 Å². The van der Waals surface area contributed by atoms with Crippen molar-refractivity contribution in [1.82, 2.24) is 4.90 Å². The standard InChI is InChI=1S/C16H26N2OS/c1-12(2)11-13(3)18(4)9-10-19-15-8-6-5-7-14(15)16(17)20/h5-8,12-13H,9-11H2,1-4H3,(H2,17,20). The molecule has 0 saturated heterocycles. The normalized spacial score (nSPS) is 12.7. The summed E-state index contributed by atoms with van der Waals surface area (Å²) >= 11 is 5.03. The number of rotatable bonds is 8. The van der Waals surface area contributed by atoms with Crippen LogP contribution in [0.4, 0.5) is 0 Å². The highest BCUT2D eigenvalue weighted by Gasteiger charge is 2.11. The molecule has 4 heteroatoms. The Balaban J connectivity index is 2.46. The molecular weight excluding hydrogens is 268 g/mol. The van der Waals surface area contributed by atoms with Gasteiger partial charge in [0.05, 0.1) is 5.56 Å². The number of nitrogens with two attached hydrogens (primary N) is 1. The van der Waals surface area contributed by atoms with Crippen LogP contribution in [-0.2, 0) is 0 Å². The molecule has 0 spiro atoms. The zero-order valence-corrected chi connectivity index (χ0v) is 13.7. The Morgan fingerprint density at radius 2 is 1.95 bits per heavy atom. The fourth-order valence-electron chi connectivity index (χ4n) is 2.18. The predicted molar refractivity (Wildman–Crippen MR) is 89.4 cm³/mol. The predicted octanol–water partition coefficient (Wildman–Crippen LogP) is 3.07. The van der Waals surface area contributed by atoms with Crippen LogP contribution in [0.1, 0.15) is 32.8 Å². The van der Waals surface area contributed by atoms with E-state index in [0.29, 0.717) is 23.6 Å². The van der Waals surface area contributed by atoms with Crippen molar-refractivity contribution < 1.29 is 4.74 Å². The lowest BCUT2D eigenvalue weighted by Crippen LogP contribution is -2.33. The van der Waals surface area contributed by atoms with Crippen molar-refractivity contribution >= 4 is 17.2 Å². The van der Waals surface area contributed by atoms with Gasteiger partial charge in [0.15, 0.2) is 0 Å². The van der Waals surface area contributed by atoms with Gasteiger partial charge in [0.1, 0.15) is 17.3 Å². The SMILES string of the molecule is CC(C)CC(C)N(C)CCOc1ccccc1C(N)=S. The monoisotopic (exact) mass is 294 g/mol. The maximum Gasteiger partial charge on any atom is 0.129 e. The number of benzene rings is 1. The minimum Gasteiger partial charge on any atom is -0.492 e. The van der Waals surface area contributed by atoms with E-state index in [2.05, 4.69) is 32.7 Å². The summed E-state index contributed by atoms with van der Waals surface area (Å²) in [6.45, 7) is 8.28. The molecule has 0 heterocycles. The maximum absolute atomic E-state index is 5.82. The molecule has 0 saturated carbocycles. The van der Waals surface area contributed by atoms with Gasteiger partial charge in [-0.25, -0.2) is 0 Å². The second-order valence-corrected chi connectivity index (χ2v) is 6.11. The van der Waals surface area contributed by atoms with Gasteiger partial charge < -0.3 is 15.4 Å². The van der Waals surface area contributed by atoms with Gasteiger partial charge in [0.2, 0.25) is 0 Å². The Bertz CT molecular complexity index is 434.